The van der Waals surface area contributed by atoms with Crippen LogP contribution in [0.4, 0.5) is 5.69 Å². The van der Waals surface area contributed by atoms with E-state index in [0.717, 1.165) is 11.1 Å². The number of benzene rings is 2. The SMILES string of the molecule is O=C(O)CN1C(=O)C2(COc3ccccc32)c2ccccc21. The molecule has 0 saturated heterocycles. The van der Waals surface area contributed by atoms with Gasteiger partial charge in [-0.2, -0.15) is 0 Å². The Balaban J connectivity index is 1.96. The Morgan fingerprint density at radius 1 is 1.14 bits per heavy atom. The monoisotopic (exact) mass is 295 g/mol. The van der Waals surface area contributed by atoms with Gasteiger partial charge in [-0.05, 0) is 17.7 Å². The standard InChI is InChI=1S/C17H13NO4/c19-15(20)9-18-13-7-3-1-5-11(13)17(16(18)21)10-22-14-8-4-2-6-12(14)17/h1-8H,9-10H2,(H,19,20). The number of amides is 1. The summed E-state index contributed by atoms with van der Waals surface area (Å²) in [6.07, 6.45) is 0. The van der Waals surface area contributed by atoms with Crippen LogP contribution in [0.25, 0.3) is 0 Å². The third kappa shape index (κ3) is 1.48. The van der Waals surface area contributed by atoms with Gasteiger partial charge in [0.05, 0.1) is 0 Å². The van der Waals surface area contributed by atoms with Crippen molar-refractivity contribution in [1.29, 1.82) is 0 Å². The van der Waals surface area contributed by atoms with Crippen LogP contribution in [0.15, 0.2) is 48.5 Å². The maximum absolute atomic E-state index is 13.1. The number of hydrogen-bond donors (Lipinski definition) is 1. The van der Waals surface area contributed by atoms with E-state index in [1.54, 1.807) is 6.07 Å². The fraction of sp³-hybridized carbons (Fsp3) is 0.176. The summed E-state index contributed by atoms with van der Waals surface area (Å²) in [5, 5.41) is 9.12. The molecule has 1 unspecified atom stereocenters. The molecule has 22 heavy (non-hydrogen) atoms. The number of nitrogens with zero attached hydrogens (tertiary/aromatic N) is 1. The van der Waals surface area contributed by atoms with Crippen LogP contribution >= 0.6 is 0 Å². The van der Waals surface area contributed by atoms with E-state index >= 15 is 0 Å². The number of aliphatic carboxylic acids is 1. The number of carboxylic acid groups (broad SMARTS) is 1. The molecule has 1 N–H and O–H groups in total. The second-order valence-corrected chi connectivity index (χ2v) is 5.49. The molecule has 2 aromatic rings. The van der Waals surface area contributed by atoms with E-state index in [9.17, 15) is 9.59 Å². The van der Waals surface area contributed by atoms with Crippen molar-refractivity contribution < 1.29 is 19.4 Å². The molecule has 2 heterocycles. The van der Waals surface area contributed by atoms with Gasteiger partial charge in [-0.1, -0.05) is 36.4 Å². The number of fused-ring (bicyclic) bond motifs is 4. The molecule has 0 aromatic heterocycles. The van der Waals surface area contributed by atoms with Crippen LogP contribution < -0.4 is 9.64 Å². The fourth-order valence-corrected chi connectivity index (χ4v) is 3.43. The third-order valence-corrected chi connectivity index (χ3v) is 4.35. The quantitative estimate of drug-likeness (QED) is 0.917. The Morgan fingerprint density at radius 2 is 1.82 bits per heavy atom. The van der Waals surface area contributed by atoms with Crippen molar-refractivity contribution in [3.63, 3.8) is 0 Å². The topological polar surface area (TPSA) is 66.8 Å². The van der Waals surface area contributed by atoms with E-state index in [2.05, 4.69) is 0 Å². The first-order valence-electron chi connectivity index (χ1n) is 7.00. The van der Waals surface area contributed by atoms with Crippen molar-refractivity contribution in [2.45, 2.75) is 5.41 Å². The summed E-state index contributed by atoms with van der Waals surface area (Å²) < 4.78 is 5.72. The molecule has 2 aromatic carbocycles. The highest BCUT2D eigenvalue weighted by Crippen LogP contribution is 2.51. The van der Waals surface area contributed by atoms with E-state index in [0.29, 0.717) is 11.4 Å². The lowest BCUT2D eigenvalue weighted by molar-refractivity contribution is -0.137. The van der Waals surface area contributed by atoms with Crippen LogP contribution in [0.3, 0.4) is 0 Å². The number of ether oxygens (including phenoxy) is 1. The Morgan fingerprint density at radius 3 is 2.59 bits per heavy atom. The predicted octanol–water partition coefficient (Wildman–Crippen LogP) is 1.80. The average molecular weight is 295 g/mol. The normalized spacial score (nSPS) is 21.6. The van der Waals surface area contributed by atoms with E-state index < -0.39 is 11.4 Å². The molecule has 2 aliphatic rings. The first kappa shape index (κ1) is 12.9. The Kier molecular flexibility index (Phi) is 2.54. The molecular weight excluding hydrogens is 282 g/mol. The van der Waals surface area contributed by atoms with Gasteiger partial charge in [-0.3, -0.25) is 14.5 Å². The minimum absolute atomic E-state index is 0.207. The molecular formula is C17H13NO4. The zero-order valence-corrected chi connectivity index (χ0v) is 11.7. The lowest BCUT2D eigenvalue weighted by Gasteiger charge is -2.22. The molecule has 0 bridgehead atoms. The highest BCUT2D eigenvalue weighted by molar-refractivity contribution is 6.13. The molecule has 110 valence electrons. The Hall–Kier alpha value is -2.82. The van der Waals surface area contributed by atoms with Crippen LogP contribution in [0, 0.1) is 0 Å². The van der Waals surface area contributed by atoms with Gasteiger partial charge < -0.3 is 9.84 Å². The van der Waals surface area contributed by atoms with E-state index in [-0.39, 0.29) is 19.1 Å². The van der Waals surface area contributed by atoms with Crippen LogP contribution in [0.2, 0.25) is 0 Å². The molecule has 2 aliphatic heterocycles. The minimum Gasteiger partial charge on any atom is -0.491 e. The predicted molar refractivity (Wildman–Crippen MR) is 79.1 cm³/mol. The van der Waals surface area contributed by atoms with Gasteiger partial charge in [0.25, 0.3) is 0 Å². The van der Waals surface area contributed by atoms with E-state index in [1.165, 1.54) is 4.90 Å². The van der Waals surface area contributed by atoms with Crippen molar-refractivity contribution in [3.05, 3.63) is 59.7 Å². The number of hydrogen-bond acceptors (Lipinski definition) is 3. The summed E-state index contributed by atoms with van der Waals surface area (Å²) in [5.74, 6) is -0.587. The number of rotatable bonds is 2. The van der Waals surface area contributed by atoms with Crippen LogP contribution in [-0.2, 0) is 15.0 Å². The molecule has 0 saturated carbocycles. The number of carbonyl (C=O) groups is 2. The van der Waals surface area contributed by atoms with Crippen molar-refractivity contribution in [2.24, 2.45) is 0 Å². The average Bonchev–Trinajstić information content (AvgIpc) is 3.02. The van der Waals surface area contributed by atoms with Crippen molar-refractivity contribution in [2.75, 3.05) is 18.1 Å². The second-order valence-electron chi connectivity index (χ2n) is 5.49. The molecule has 5 heteroatoms. The second kappa shape index (κ2) is 4.34. The lowest BCUT2D eigenvalue weighted by atomic mass is 9.77. The summed E-state index contributed by atoms with van der Waals surface area (Å²) in [6, 6.07) is 14.8. The summed E-state index contributed by atoms with van der Waals surface area (Å²) in [5.41, 5.74) is 1.34. The van der Waals surface area contributed by atoms with Gasteiger partial charge in [0.1, 0.15) is 24.3 Å². The largest absolute Gasteiger partial charge is 0.491 e. The van der Waals surface area contributed by atoms with E-state index in [1.807, 2.05) is 42.5 Å². The number of carbonyl (C=O) groups excluding carboxylic acids is 1. The summed E-state index contributed by atoms with van der Waals surface area (Å²) in [7, 11) is 0. The summed E-state index contributed by atoms with van der Waals surface area (Å²) >= 11 is 0. The van der Waals surface area contributed by atoms with Gasteiger partial charge >= 0.3 is 5.97 Å². The smallest absolute Gasteiger partial charge is 0.323 e. The van der Waals surface area contributed by atoms with Crippen molar-refractivity contribution in [1.82, 2.24) is 0 Å². The minimum atomic E-state index is -1.03. The van der Waals surface area contributed by atoms with Gasteiger partial charge in [0.15, 0.2) is 0 Å². The van der Waals surface area contributed by atoms with Crippen LogP contribution in [0.1, 0.15) is 11.1 Å². The lowest BCUT2D eigenvalue weighted by Crippen LogP contribution is -2.44. The molecule has 1 atom stereocenters. The first-order chi connectivity index (χ1) is 10.6. The Labute approximate surface area is 126 Å². The fourth-order valence-electron chi connectivity index (χ4n) is 3.43. The highest BCUT2D eigenvalue weighted by atomic mass is 16.5. The van der Waals surface area contributed by atoms with Gasteiger partial charge in [-0.25, -0.2) is 0 Å². The molecule has 4 rings (SSSR count). The molecule has 0 radical (unpaired) electrons. The third-order valence-electron chi connectivity index (χ3n) is 4.35. The first-order valence-corrected chi connectivity index (χ1v) is 7.00. The molecule has 1 spiro atoms. The highest BCUT2D eigenvalue weighted by Gasteiger charge is 2.56. The van der Waals surface area contributed by atoms with Gasteiger partial charge in [0, 0.05) is 11.3 Å². The van der Waals surface area contributed by atoms with Gasteiger partial charge in [0.2, 0.25) is 5.91 Å². The van der Waals surface area contributed by atoms with Crippen molar-refractivity contribution >= 4 is 17.6 Å². The number of para-hydroxylation sites is 2. The molecule has 5 nitrogen and oxygen atoms in total. The maximum atomic E-state index is 13.1. The summed E-state index contributed by atoms with van der Waals surface area (Å²) in [4.78, 5) is 25.5. The molecule has 1 amide bonds. The number of carboxylic acids is 1. The Bertz CT molecular complexity index is 801. The van der Waals surface area contributed by atoms with E-state index in [4.69, 9.17) is 9.84 Å². The zero-order chi connectivity index (χ0) is 15.3. The maximum Gasteiger partial charge on any atom is 0.323 e. The van der Waals surface area contributed by atoms with Crippen LogP contribution in [0.5, 0.6) is 5.75 Å². The van der Waals surface area contributed by atoms with Crippen LogP contribution in [-0.4, -0.2) is 30.1 Å². The van der Waals surface area contributed by atoms with Gasteiger partial charge in [-0.15, -0.1) is 0 Å². The summed E-state index contributed by atoms with van der Waals surface area (Å²) in [6.45, 7) is -0.141. The zero-order valence-electron chi connectivity index (χ0n) is 11.7. The molecule has 0 fully saturated rings. The molecule has 0 aliphatic carbocycles. The van der Waals surface area contributed by atoms with Crippen molar-refractivity contribution in [3.8, 4) is 5.75 Å². The number of anilines is 1.